The predicted molar refractivity (Wildman–Crippen MR) is 126 cm³/mol. The van der Waals surface area contributed by atoms with Crippen LogP contribution in [0.3, 0.4) is 0 Å². The Bertz CT molecular complexity index is 1180. The average molecular weight is 484 g/mol. The highest BCUT2D eigenvalue weighted by atomic mass is 19.1. The number of hydrogen-bond donors (Lipinski definition) is 3. The van der Waals surface area contributed by atoms with Gasteiger partial charge in [-0.2, -0.15) is 5.26 Å². The Morgan fingerprint density at radius 2 is 2.17 bits per heavy atom. The number of nitrogens with zero attached hydrogens (tertiary/aromatic N) is 2. The molecule has 0 bridgehead atoms. The second kappa shape index (κ2) is 9.56. The van der Waals surface area contributed by atoms with E-state index in [1.165, 1.54) is 18.7 Å². The summed E-state index contributed by atoms with van der Waals surface area (Å²) in [5, 5.41) is 15.7. The molecule has 4 rings (SSSR count). The largest absolute Gasteiger partial charge is 0.496 e. The summed E-state index contributed by atoms with van der Waals surface area (Å²) in [6.07, 6.45) is 0.921. The SMILES string of the molecule is COc1cccc2[nH]c(C(=O)N3CC(C(C)(C)F)CC3C(=O)NC(C#N)CC3CCNC3=O)cc12. The molecule has 2 aliphatic heterocycles. The molecule has 3 amide bonds. The normalized spacial score (nSPS) is 23.1. The number of ether oxygens (including phenoxy) is 1. The van der Waals surface area contributed by atoms with Crippen LogP contribution < -0.4 is 15.4 Å². The molecular weight excluding hydrogens is 453 g/mol. The Hall–Kier alpha value is -3.61. The molecule has 1 aromatic carbocycles. The van der Waals surface area contributed by atoms with E-state index in [1.807, 2.05) is 12.1 Å². The van der Waals surface area contributed by atoms with Gasteiger partial charge in [0.2, 0.25) is 11.8 Å². The summed E-state index contributed by atoms with van der Waals surface area (Å²) in [6.45, 7) is 3.48. The van der Waals surface area contributed by atoms with Crippen LogP contribution in [-0.4, -0.2) is 65.6 Å². The van der Waals surface area contributed by atoms with E-state index in [1.54, 1.807) is 25.3 Å². The van der Waals surface area contributed by atoms with Crippen molar-refractivity contribution in [3.8, 4) is 11.8 Å². The number of H-pyrrole nitrogens is 1. The molecule has 4 unspecified atom stereocenters. The number of methoxy groups -OCH3 is 1. The van der Waals surface area contributed by atoms with Crippen LogP contribution in [0.2, 0.25) is 0 Å². The quantitative estimate of drug-likeness (QED) is 0.557. The lowest BCUT2D eigenvalue weighted by molar-refractivity contribution is -0.126. The molecule has 2 aromatic rings. The van der Waals surface area contributed by atoms with E-state index in [4.69, 9.17) is 4.74 Å². The molecule has 1 aromatic heterocycles. The number of hydrogen-bond acceptors (Lipinski definition) is 5. The van der Waals surface area contributed by atoms with Crippen molar-refractivity contribution >= 4 is 28.6 Å². The number of nitrogens with one attached hydrogen (secondary N) is 3. The third-order valence-electron chi connectivity index (χ3n) is 7.07. The first-order chi connectivity index (χ1) is 16.6. The molecule has 10 heteroatoms. The Morgan fingerprint density at radius 3 is 2.80 bits per heavy atom. The van der Waals surface area contributed by atoms with Gasteiger partial charge in [0, 0.05) is 35.8 Å². The van der Waals surface area contributed by atoms with Crippen LogP contribution in [0.15, 0.2) is 24.3 Å². The van der Waals surface area contributed by atoms with Crippen LogP contribution in [0.5, 0.6) is 5.75 Å². The third kappa shape index (κ3) is 4.94. The number of carbonyl (C=O) groups excluding carboxylic acids is 3. The number of benzene rings is 1. The number of carbonyl (C=O) groups is 3. The van der Waals surface area contributed by atoms with Crippen LogP contribution >= 0.6 is 0 Å². The van der Waals surface area contributed by atoms with Gasteiger partial charge in [0.25, 0.3) is 5.91 Å². The Kier molecular flexibility index (Phi) is 6.70. The van der Waals surface area contributed by atoms with Gasteiger partial charge in [-0.15, -0.1) is 0 Å². The minimum absolute atomic E-state index is 0.0647. The van der Waals surface area contributed by atoms with Gasteiger partial charge in [-0.3, -0.25) is 14.4 Å². The fraction of sp³-hybridized carbons (Fsp3) is 0.520. The van der Waals surface area contributed by atoms with Crippen molar-refractivity contribution in [3.05, 3.63) is 30.0 Å². The highest BCUT2D eigenvalue weighted by Gasteiger charge is 2.46. The molecule has 2 aliphatic rings. The van der Waals surface area contributed by atoms with Gasteiger partial charge in [0.05, 0.1) is 13.2 Å². The number of fused-ring (bicyclic) bond motifs is 1. The summed E-state index contributed by atoms with van der Waals surface area (Å²) < 4.78 is 20.3. The van der Waals surface area contributed by atoms with Gasteiger partial charge in [-0.05, 0) is 51.3 Å². The molecule has 4 atom stereocenters. The number of aromatic amines is 1. The van der Waals surface area contributed by atoms with Gasteiger partial charge >= 0.3 is 0 Å². The standard InChI is InChI=1S/C25H30FN5O4/c1-25(2,26)15-10-20(23(33)29-16(12-27)9-14-7-8-28-22(14)32)31(13-15)24(34)19-11-17-18(30-19)5-4-6-21(17)35-3/h4-6,11,14-16,20,30H,7-10,13H2,1-3H3,(H,28,32)(H,29,33). The minimum Gasteiger partial charge on any atom is -0.496 e. The molecule has 9 nitrogen and oxygen atoms in total. The maximum absolute atomic E-state index is 14.9. The maximum Gasteiger partial charge on any atom is 0.270 e. The molecule has 0 saturated carbocycles. The zero-order valence-electron chi connectivity index (χ0n) is 20.1. The number of likely N-dealkylation sites (tertiary alicyclic amines) is 1. The van der Waals surface area contributed by atoms with Crippen LogP contribution in [0.1, 0.15) is 43.6 Å². The van der Waals surface area contributed by atoms with Gasteiger partial charge in [-0.1, -0.05) is 6.07 Å². The summed E-state index contributed by atoms with van der Waals surface area (Å²) >= 11 is 0. The average Bonchev–Trinajstić information content (AvgIpc) is 3.55. The fourth-order valence-electron chi connectivity index (χ4n) is 4.95. The lowest BCUT2D eigenvalue weighted by Crippen LogP contribution is -2.49. The van der Waals surface area contributed by atoms with E-state index in [0.29, 0.717) is 24.2 Å². The van der Waals surface area contributed by atoms with Crippen molar-refractivity contribution in [2.75, 3.05) is 20.2 Å². The van der Waals surface area contributed by atoms with Crippen molar-refractivity contribution in [1.82, 2.24) is 20.5 Å². The van der Waals surface area contributed by atoms with Gasteiger partial charge in [0.1, 0.15) is 29.2 Å². The first-order valence-electron chi connectivity index (χ1n) is 11.8. The van der Waals surface area contributed by atoms with Gasteiger partial charge < -0.3 is 25.3 Å². The number of rotatable bonds is 7. The Balaban J connectivity index is 1.56. The van der Waals surface area contributed by atoms with Crippen molar-refractivity contribution in [2.45, 2.75) is 50.9 Å². The minimum atomic E-state index is -1.60. The maximum atomic E-state index is 14.9. The molecule has 2 saturated heterocycles. The van der Waals surface area contributed by atoms with Crippen LogP contribution in [-0.2, 0) is 9.59 Å². The second-order valence-electron chi connectivity index (χ2n) is 9.78. The predicted octanol–water partition coefficient (Wildman–Crippen LogP) is 2.29. The lowest BCUT2D eigenvalue weighted by Gasteiger charge is -2.25. The van der Waals surface area contributed by atoms with E-state index in [9.17, 15) is 24.0 Å². The molecule has 3 N–H and O–H groups in total. The molecule has 0 aliphatic carbocycles. The molecule has 0 spiro atoms. The zero-order chi connectivity index (χ0) is 25.3. The van der Waals surface area contributed by atoms with E-state index in [0.717, 1.165) is 5.39 Å². The number of aromatic nitrogens is 1. The molecule has 35 heavy (non-hydrogen) atoms. The number of halogens is 1. The van der Waals surface area contributed by atoms with Gasteiger partial charge in [0.15, 0.2) is 0 Å². The van der Waals surface area contributed by atoms with Crippen LogP contribution in [0.4, 0.5) is 4.39 Å². The van der Waals surface area contributed by atoms with E-state index >= 15 is 0 Å². The first kappa shape index (κ1) is 24.5. The summed E-state index contributed by atoms with van der Waals surface area (Å²) in [4.78, 5) is 43.1. The van der Waals surface area contributed by atoms with Crippen molar-refractivity contribution < 1.29 is 23.5 Å². The summed E-state index contributed by atoms with van der Waals surface area (Å²) in [5.41, 5.74) is -0.637. The van der Waals surface area contributed by atoms with E-state index in [-0.39, 0.29) is 36.9 Å². The highest BCUT2D eigenvalue weighted by molar-refractivity contribution is 6.01. The summed E-state index contributed by atoms with van der Waals surface area (Å²) in [6, 6.07) is 7.27. The van der Waals surface area contributed by atoms with Crippen LogP contribution in [0.25, 0.3) is 10.9 Å². The van der Waals surface area contributed by atoms with Crippen LogP contribution in [0, 0.1) is 23.2 Å². The number of nitriles is 1. The monoisotopic (exact) mass is 483 g/mol. The molecular formula is C25H30FN5O4. The third-order valence-corrected chi connectivity index (χ3v) is 7.07. The molecule has 0 radical (unpaired) electrons. The zero-order valence-corrected chi connectivity index (χ0v) is 20.1. The van der Waals surface area contributed by atoms with Crippen molar-refractivity contribution in [2.24, 2.45) is 11.8 Å². The highest BCUT2D eigenvalue weighted by Crippen LogP contribution is 2.36. The van der Waals surface area contributed by atoms with E-state index < -0.39 is 35.5 Å². The van der Waals surface area contributed by atoms with Gasteiger partial charge in [-0.25, -0.2) is 4.39 Å². The Labute approximate surface area is 203 Å². The molecule has 3 heterocycles. The lowest BCUT2D eigenvalue weighted by atomic mass is 9.90. The number of alkyl halides is 1. The topological polar surface area (TPSA) is 127 Å². The number of amides is 3. The Morgan fingerprint density at radius 1 is 1.40 bits per heavy atom. The summed E-state index contributed by atoms with van der Waals surface area (Å²) in [5.74, 6) is -1.39. The molecule has 186 valence electrons. The molecule has 2 fully saturated rings. The first-order valence-corrected chi connectivity index (χ1v) is 11.8. The second-order valence-corrected chi connectivity index (χ2v) is 9.78. The van der Waals surface area contributed by atoms with Crippen molar-refractivity contribution in [3.63, 3.8) is 0 Å². The smallest absolute Gasteiger partial charge is 0.270 e. The fourth-order valence-corrected chi connectivity index (χ4v) is 4.95. The summed E-state index contributed by atoms with van der Waals surface area (Å²) in [7, 11) is 1.54. The van der Waals surface area contributed by atoms with E-state index in [2.05, 4.69) is 15.6 Å². The van der Waals surface area contributed by atoms with Crippen molar-refractivity contribution in [1.29, 1.82) is 5.26 Å².